The molecule has 0 aromatic heterocycles. The molecule has 6 heteroatoms. The Morgan fingerprint density at radius 1 is 0.536 bits per heavy atom. The lowest BCUT2D eigenvalue weighted by Crippen LogP contribution is -2.46. The molecule has 1 amide bonds. The summed E-state index contributed by atoms with van der Waals surface area (Å²) >= 11 is 0. The second-order valence-corrected chi connectivity index (χ2v) is 15.9. The van der Waals surface area contributed by atoms with E-state index in [0.29, 0.717) is 19.3 Å². The zero-order valence-electron chi connectivity index (χ0n) is 36.8. The van der Waals surface area contributed by atoms with Gasteiger partial charge in [0.15, 0.2) is 0 Å². The molecular weight excluding hydrogens is 695 g/mol. The second kappa shape index (κ2) is 43.7. The van der Waals surface area contributed by atoms with Gasteiger partial charge in [-0.1, -0.05) is 204 Å². The highest BCUT2D eigenvalue weighted by molar-refractivity contribution is 5.77. The average molecular weight is 784 g/mol. The largest absolute Gasteiger partial charge is 0.462 e. The fraction of sp³-hybridized carbons (Fsp3) is 0.760. The Bertz CT molecular complexity index is 1010. The number of rotatable bonds is 41. The van der Waals surface area contributed by atoms with Crippen LogP contribution in [0.15, 0.2) is 60.8 Å². The summed E-state index contributed by atoms with van der Waals surface area (Å²) in [5.74, 6) is -0.552. The number of hydrogen-bond acceptors (Lipinski definition) is 5. The Labute approximate surface area is 346 Å². The topological polar surface area (TPSA) is 95.9 Å². The summed E-state index contributed by atoms with van der Waals surface area (Å²) in [6, 6.07) is -0.718. The molecule has 0 aliphatic rings. The van der Waals surface area contributed by atoms with Gasteiger partial charge in [-0.2, -0.15) is 0 Å². The van der Waals surface area contributed by atoms with Crippen LogP contribution in [0.1, 0.15) is 220 Å². The number of aliphatic hydroxyl groups is 2. The minimum Gasteiger partial charge on any atom is -0.462 e. The zero-order valence-corrected chi connectivity index (χ0v) is 36.8. The lowest BCUT2D eigenvalue weighted by molar-refractivity contribution is -0.151. The highest BCUT2D eigenvalue weighted by atomic mass is 16.5. The highest BCUT2D eigenvalue weighted by Crippen LogP contribution is 2.16. The van der Waals surface area contributed by atoms with Crippen molar-refractivity contribution in [1.29, 1.82) is 0 Å². The van der Waals surface area contributed by atoms with E-state index in [1.54, 1.807) is 0 Å². The van der Waals surface area contributed by atoms with Crippen molar-refractivity contribution in [2.45, 2.75) is 238 Å². The number of aliphatic hydroxyl groups excluding tert-OH is 2. The van der Waals surface area contributed by atoms with Crippen LogP contribution >= 0.6 is 0 Å². The van der Waals surface area contributed by atoms with Crippen molar-refractivity contribution in [2.75, 3.05) is 6.61 Å². The molecule has 0 aromatic carbocycles. The van der Waals surface area contributed by atoms with Crippen LogP contribution in [0.25, 0.3) is 0 Å². The molecule has 0 bridgehead atoms. The van der Waals surface area contributed by atoms with Crippen molar-refractivity contribution in [2.24, 2.45) is 0 Å². The van der Waals surface area contributed by atoms with Gasteiger partial charge in [0.05, 0.1) is 25.2 Å². The predicted molar refractivity (Wildman–Crippen MR) is 241 cm³/mol. The SMILES string of the molecule is CC/C=C/C=C/C=C\C=C/CCCCCC(=O)OC(CCC/C=C\CCCCCCCC)CC(=O)NC(CO)C(O)CCCCCCCCCCCCCCC. The Kier molecular flexibility index (Phi) is 41.8. The van der Waals surface area contributed by atoms with Crippen molar-refractivity contribution in [3.05, 3.63) is 60.8 Å². The first kappa shape index (κ1) is 53.6. The van der Waals surface area contributed by atoms with E-state index < -0.39 is 18.2 Å². The predicted octanol–water partition coefficient (Wildman–Crippen LogP) is 13.7. The molecule has 0 saturated heterocycles. The van der Waals surface area contributed by atoms with Gasteiger partial charge in [-0.3, -0.25) is 9.59 Å². The summed E-state index contributed by atoms with van der Waals surface area (Å²) in [5, 5.41) is 23.7. The minimum absolute atomic E-state index is 0.0393. The first-order chi connectivity index (χ1) is 27.5. The Balaban J connectivity index is 4.66. The fourth-order valence-electron chi connectivity index (χ4n) is 6.85. The lowest BCUT2D eigenvalue weighted by atomic mass is 10.0. The Morgan fingerprint density at radius 3 is 1.55 bits per heavy atom. The van der Waals surface area contributed by atoms with Gasteiger partial charge in [-0.05, 0) is 64.2 Å². The summed E-state index contributed by atoms with van der Waals surface area (Å²) in [7, 11) is 0. The normalized spacial score (nSPS) is 13.9. The third-order valence-corrected chi connectivity index (χ3v) is 10.4. The maximum absolute atomic E-state index is 13.1. The molecule has 0 rings (SSSR count). The number of ether oxygens (including phenoxy) is 1. The molecule has 0 heterocycles. The van der Waals surface area contributed by atoms with Gasteiger partial charge < -0.3 is 20.3 Å². The van der Waals surface area contributed by atoms with E-state index in [1.165, 1.54) is 103 Å². The van der Waals surface area contributed by atoms with Crippen molar-refractivity contribution in [3.63, 3.8) is 0 Å². The average Bonchev–Trinajstić information content (AvgIpc) is 3.19. The van der Waals surface area contributed by atoms with Gasteiger partial charge in [0.2, 0.25) is 5.91 Å². The second-order valence-electron chi connectivity index (χ2n) is 15.9. The number of unbranched alkanes of at least 4 members (excludes halogenated alkanes) is 22. The number of nitrogens with one attached hydrogen (secondary N) is 1. The van der Waals surface area contributed by atoms with E-state index in [9.17, 15) is 19.8 Å². The van der Waals surface area contributed by atoms with Gasteiger partial charge in [0.25, 0.3) is 0 Å². The molecule has 324 valence electrons. The van der Waals surface area contributed by atoms with E-state index in [1.807, 2.05) is 30.4 Å². The van der Waals surface area contributed by atoms with E-state index >= 15 is 0 Å². The van der Waals surface area contributed by atoms with Gasteiger partial charge in [-0.25, -0.2) is 0 Å². The zero-order chi connectivity index (χ0) is 41.0. The molecular formula is C50H89NO5. The molecule has 3 N–H and O–H groups in total. The van der Waals surface area contributed by atoms with E-state index in [2.05, 4.69) is 56.5 Å². The summed E-state index contributed by atoms with van der Waals surface area (Å²) in [6.07, 6.45) is 52.8. The summed E-state index contributed by atoms with van der Waals surface area (Å²) in [4.78, 5) is 26.0. The molecule has 0 aliphatic carbocycles. The third kappa shape index (κ3) is 38.4. The van der Waals surface area contributed by atoms with Crippen LogP contribution < -0.4 is 5.32 Å². The van der Waals surface area contributed by atoms with E-state index in [4.69, 9.17) is 4.74 Å². The molecule has 0 fully saturated rings. The fourth-order valence-corrected chi connectivity index (χ4v) is 6.85. The van der Waals surface area contributed by atoms with E-state index in [0.717, 1.165) is 70.6 Å². The Hall–Kier alpha value is -2.44. The summed E-state index contributed by atoms with van der Waals surface area (Å²) in [5.41, 5.74) is 0. The van der Waals surface area contributed by atoms with Crippen LogP contribution in [0, 0.1) is 0 Å². The van der Waals surface area contributed by atoms with Crippen LogP contribution in [0.3, 0.4) is 0 Å². The van der Waals surface area contributed by atoms with Crippen molar-refractivity contribution in [3.8, 4) is 0 Å². The number of carbonyl (C=O) groups is 2. The number of allylic oxidation sites excluding steroid dienone is 10. The quantitative estimate of drug-likeness (QED) is 0.0248. The van der Waals surface area contributed by atoms with Crippen LogP contribution in [0.5, 0.6) is 0 Å². The van der Waals surface area contributed by atoms with Crippen molar-refractivity contribution in [1.82, 2.24) is 5.32 Å². The Morgan fingerprint density at radius 2 is 1.00 bits per heavy atom. The molecule has 3 atom stereocenters. The van der Waals surface area contributed by atoms with Crippen LogP contribution in [-0.2, 0) is 14.3 Å². The smallest absolute Gasteiger partial charge is 0.306 e. The number of hydrogen-bond donors (Lipinski definition) is 3. The minimum atomic E-state index is -0.801. The molecule has 56 heavy (non-hydrogen) atoms. The number of amides is 1. The first-order valence-electron chi connectivity index (χ1n) is 23.6. The maximum Gasteiger partial charge on any atom is 0.306 e. The highest BCUT2D eigenvalue weighted by Gasteiger charge is 2.24. The molecule has 0 aromatic rings. The van der Waals surface area contributed by atoms with E-state index in [-0.39, 0.29) is 24.9 Å². The van der Waals surface area contributed by atoms with Crippen LogP contribution in [-0.4, -0.2) is 46.9 Å². The van der Waals surface area contributed by atoms with Gasteiger partial charge >= 0.3 is 5.97 Å². The first-order valence-corrected chi connectivity index (χ1v) is 23.6. The number of carbonyl (C=O) groups excluding carboxylic acids is 2. The molecule has 0 radical (unpaired) electrons. The molecule has 0 saturated carbocycles. The lowest BCUT2D eigenvalue weighted by Gasteiger charge is -2.24. The molecule has 6 nitrogen and oxygen atoms in total. The number of esters is 1. The summed E-state index contributed by atoms with van der Waals surface area (Å²) in [6.45, 7) is 6.30. The molecule has 0 spiro atoms. The summed E-state index contributed by atoms with van der Waals surface area (Å²) < 4.78 is 5.87. The van der Waals surface area contributed by atoms with Crippen LogP contribution in [0.2, 0.25) is 0 Å². The third-order valence-electron chi connectivity index (χ3n) is 10.4. The molecule has 3 unspecified atom stereocenters. The standard InChI is InChI=1S/C50H89NO5/c1-4-7-10-13-16-19-22-24-27-30-33-36-39-42-48(53)47(45-52)51-49(54)44-46(41-38-35-32-29-26-21-18-15-12-9-6-3)56-50(55)43-40-37-34-31-28-25-23-20-17-14-11-8-5-2/h8,11,14,17,20,23,25,28-29,32,46-48,52-53H,4-7,9-10,12-13,15-16,18-19,21-22,24,26-27,30-31,33-45H2,1-3H3,(H,51,54)/b11-8+,17-14+,23-20-,28-25-,32-29-. The van der Waals surface area contributed by atoms with Gasteiger partial charge in [-0.15, -0.1) is 0 Å². The molecule has 0 aliphatic heterocycles. The van der Waals surface area contributed by atoms with Gasteiger partial charge in [0.1, 0.15) is 6.10 Å². The monoisotopic (exact) mass is 784 g/mol. The van der Waals surface area contributed by atoms with Crippen LogP contribution in [0.4, 0.5) is 0 Å². The maximum atomic E-state index is 13.1. The van der Waals surface area contributed by atoms with Gasteiger partial charge in [0, 0.05) is 6.42 Å². The van der Waals surface area contributed by atoms with Crippen molar-refractivity contribution < 1.29 is 24.5 Å². The van der Waals surface area contributed by atoms with Crippen molar-refractivity contribution >= 4 is 11.9 Å².